The number of nitrogens with one attached hydrogen (secondary N) is 1. The lowest BCUT2D eigenvalue weighted by Gasteiger charge is -2.26. The number of carbonyl (C=O) groups excluding carboxylic acids is 1. The highest BCUT2D eigenvalue weighted by Gasteiger charge is 2.32. The van der Waals surface area contributed by atoms with Crippen molar-refractivity contribution in [3.05, 3.63) is 11.9 Å². The van der Waals surface area contributed by atoms with Crippen molar-refractivity contribution in [2.75, 3.05) is 19.6 Å². The van der Waals surface area contributed by atoms with E-state index in [2.05, 4.69) is 15.6 Å². The molecule has 3 heterocycles. The van der Waals surface area contributed by atoms with Crippen LogP contribution in [0.25, 0.3) is 0 Å². The summed E-state index contributed by atoms with van der Waals surface area (Å²) in [5.74, 6) is -1.09. The van der Waals surface area contributed by atoms with E-state index in [1.54, 1.807) is 15.8 Å². The van der Waals surface area contributed by atoms with E-state index in [1.807, 2.05) is 0 Å². The summed E-state index contributed by atoms with van der Waals surface area (Å²) >= 11 is 0. The molecule has 20 heavy (non-hydrogen) atoms. The number of hydrogen-bond donors (Lipinski definition) is 2. The van der Waals surface area contributed by atoms with Crippen molar-refractivity contribution >= 4 is 11.9 Å². The van der Waals surface area contributed by atoms with Gasteiger partial charge in [-0.1, -0.05) is 5.21 Å². The Bertz CT molecular complexity index is 525. The van der Waals surface area contributed by atoms with Crippen molar-refractivity contribution in [1.29, 1.82) is 0 Å². The zero-order valence-corrected chi connectivity index (χ0v) is 11.0. The van der Waals surface area contributed by atoms with Crippen LogP contribution in [0.3, 0.4) is 0 Å². The SMILES string of the molecule is O=C(O)CC1CCCN1C(=O)c1cn(C2CNC2)nn1. The number of nitrogens with zero attached hydrogens (tertiary/aromatic N) is 4. The molecule has 3 rings (SSSR count). The zero-order chi connectivity index (χ0) is 14.1. The Labute approximate surface area is 115 Å². The van der Waals surface area contributed by atoms with Gasteiger partial charge >= 0.3 is 5.97 Å². The van der Waals surface area contributed by atoms with Crippen LogP contribution in [0.15, 0.2) is 6.20 Å². The molecular weight excluding hydrogens is 262 g/mol. The minimum atomic E-state index is -0.876. The second-order valence-corrected chi connectivity index (χ2v) is 5.29. The summed E-state index contributed by atoms with van der Waals surface area (Å²) < 4.78 is 1.70. The number of carboxylic acid groups (broad SMARTS) is 1. The van der Waals surface area contributed by atoms with Crippen molar-refractivity contribution in [3.63, 3.8) is 0 Å². The molecule has 1 aromatic heterocycles. The van der Waals surface area contributed by atoms with Gasteiger partial charge in [0.1, 0.15) is 0 Å². The maximum atomic E-state index is 12.4. The number of carboxylic acids is 1. The quantitative estimate of drug-likeness (QED) is 0.771. The van der Waals surface area contributed by atoms with Gasteiger partial charge in [-0.3, -0.25) is 9.59 Å². The highest BCUT2D eigenvalue weighted by Crippen LogP contribution is 2.22. The van der Waals surface area contributed by atoms with E-state index in [9.17, 15) is 9.59 Å². The van der Waals surface area contributed by atoms with Crippen LogP contribution < -0.4 is 5.32 Å². The van der Waals surface area contributed by atoms with Gasteiger partial charge in [0.05, 0.1) is 18.7 Å². The molecule has 1 atom stereocenters. The maximum Gasteiger partial charge on any atom is 0.305 e. The van der Waals surface area contributed by atoms with E-state index in [0.29, 0.717) is 12.2 Å². The Morgan fingerprint density at radius 1 is 1.45 bits per heavy atom. The lowest BCUT2D eigenvalue weighted by atomic mass is 10.1. The van der Waals surface area contributed by atoms with Crippen LogP contribution in [0, 0.1) is 0 Å². The van der Waals surface area contributed by atoms with Crippen LogP contribution in [-0.2, 0) is 4.79 Å². The highest BCUT2D eigenvalue weighted by molar-refractivity contribution is 5.92. The maximum absolute atomic E-state index is 12.4. The van der Waals surface area contributed by atoms with Gasteiger partial charge in [-0.25, -0.2) is 4.68 Å². The Hall–Kier alpha value is -1.96. The number of hydrogen-bond acceptors (Lipinski definition) is 5. The van der Waals surface area contributed by atoms with Crippen LogP contribution in [0.1, 0.15) is 35.8 Å². The van der Waals surface area contributed by atoms with Gasteiger partial charge in [0.15, 0.2) is 5.69 Å². The molecule has 0 spiro atoms. The van der Waals surface area contributed by atoms with Gasteiger partial charge < -0.3 is 15.3 Å². The minimum absolute atomic E-state index is 0.00752. The summed E-state index contributed by atoms with van der Waals surface area (Å²) in [7, 11) is 0. The third-order valence-corrected chi connectivity index (χ3v) is 3.91. The summed E-state index contributed by atoms with van der Waals surface area (Å²) in [6, 6.07) is 0.0352. The average Bonchev–Trinajstić information content (AvgIpc) is 2.94. The van der Waals surface area contributed by atoms with Gasteiger partial charge in [0.2, 0.25) is 0 Å². The third-order valence-electron chi connectivity index (χ3n) is 3.91. The first-order valence-corrected chi connectivity index (χ1v) is 6.80. The predicted molar refractivity (Wildman–Crippen MR) is 68.2 cm³/mol. The molecule has 1 aromatic rings. The van der Waals surface area contributed by atoms with Gasteiger partial charge in [0.25, 0.3) is 5.91 Å². The number of aliphatic carboxylic acids is 1. The van der Waals surface area contributed by atoms with Crippen LogP contribution >= 0.6 is 0 Å². The largest absolute Gasteiger partial charge is 0.481 e. The van der Waals surface area contributed by atoms with Crippen molar-refractivity contribution in [1.82, 2.24) is 25.2 Å². The van der Waals surface area contributed by atoms with Crippen LogP contribution in [-0.4, -0.2) is 62.6 Å². The first-order valence-electron chi connectivity index (χ1n) is 6.80. The summed E-state index contributed by atoms with van der Waals surface area (Å²) in [6.45, 7) is 2.26. The molecule has 2 N–H and O–H groups in total. The van der Waals surface area contributed by atoms with Crippen molar-refractivity contribution < 1.29 is 14.7 Å². The second kappa shape index (κ2) is 5.20. The number of likely N-dealkylation sites (tertiary alicyclic amines) is 1. The molecule has 1 unspecified atom stereocenters. The van der Waals surface area contributed by atoms with Crippen molar-refractivity contribution in [2.24, 2.45) is 0 Å². The molecule has 2 aliphatic rings. The third kappa shape index (κ3) is 2.38. The summed E-state index contributed by atoms with van der Waals surface area (Å²) in [6.07, 6.45) is 3.22. The Balaban J connectivity index is 1.70. The molecule has 0 bridgehead atoms. The summed E-state index contributed by atoms with van der Waals surface area (Å²) in [5, 5.41) is 19.9. The van der Waals surface area contributed by atoms with Crippen molar-refractivity contribution in [2.45, 2.75) is 31.3 Å². The van der Waals surface area contributed by atoms with Gasteiger partial charge in [-0.05, 0) is 12.8 Å². The first kappa shape index (κ1) is 13.0. The number of rotatable bonds is 4. The standard InChI is InChI=1S/C12H17N5O3/c18-11(19)4-8-2-1-3-16(8)12(20)10-7-17(15-14-10)9-5-13-6-9/h7-9,13H,1-6H2,(H,18,19). The number of amides is 1. The van der Waals surface area contributed by atoms with Gasteiger partial charge in [-0.15, -0.1) is 5.10 Å². The fourth-order valence-electron chi connectivity index (χ4n) is 2.68. The van der Waals surface area contributed by atoms with Gasteiger partial charge in [0, 0.05) is 25.7 Å². The summed E-state index contributed by atoms with van der Waals surface area (Å²) in [5.41, 5.74) is 0.300. The van der Waals surface area contributed by atoms with E-state index in [-0.39, 0.29) is 24.4 Å². The first-order chi connectivity index (χ1) is 9.65. The molecule has 2 fully saturated rings. The second-order valence-electron chi connectivity index (χ2n) is 5.29. The zero-order valence-electron chi connectivity index (χ0n) is 11.0. The van der Waals surface area contributed by atoms with E-state index < -0.39 is 5.97 Å². The smallest absolute Gasteiger partial charge is 0.305 e. The molecule has 0 radical (unpaired) electrons. The topological polar surface area (TPSA) is 100 Å². The molecule has 8 heteroatoms. The highest BCUT2D eigenvalue weighted by atomic mass is 16.4. The van der Waals surface area contributed by atoms with Crippen LogP contribution in [0.5, 0.6) is 0 Å². The molecule has 0 aliphatic carbocycles. The number of aromatic nitrogens is 3. The summed E-state index contributed by atoms with van der Waals surface area (Å²) in [4.78, 5) is 24.8. The molecule has 2 aliphatic heterocycles. The Kier molecular flexibility index (Phi) is 3.39. The molecule has 2 saturated heterocycles. The fraction of sp³-hybridized carbons (Fsp3) is 0.667. The van der Waals surface area contributed by atoms with E-state index in [0.717, 1.165) is 25.9 Å². The predicted octanol–water partition coefficient (Wildman–Crippen LogP) is -0.498. The van der Waals surface area contributed by atoms with Crippen LogP contribution in [0.4, 0.5) is 0 Å². The number of carbonyl (C=O) groups is 2. The normalized spacial score (nSPS) is 22.8. The van der Waals surface area contributed by atoms with Crippen molar-refractivity contribution in [3.8, 4) is 0 Å². The monoisotopic (exact) mass is 279 g/mol. The molecule has 8 nitrogen and oxygen atoms in total. The Morgan fingerprint density at radius 2 is 2.25 bits per heavy atom. The van der Waals surface area contributed by atoms with E-state index in [4.69, 9.17) is 5.11 Å². The van der Waals surface area contributed by atoms with Gasteiger partial charge in [-0.2, -0.15) is 0 Å². The lowest BCUT2D eigenvalue weighted by Crippen LogP contribution is -2.43. The average molecular weight is 279 g/mol. The van der Waals surface area contributed by atoms with Crippen LogP contribution in [0.2, 0.25) is 0 Å². The molecular formula is C12H17N5O3. The molecule has 0 aromatic carbocycles. The van der Waals surface area contributed by atoms with E-state index >= 15 is 0 Å². The van der Waals surface area contributed by atoms with E-state index in [1.165, 1.54) is 0 Å². The molecule has 1 amide bonds. The molecule has 108 valence electrons. The Morgan fingerprint density at radius 3 is 2.90 bits per heavy atom. The molecule has 0 saturated carbocycles. The fourth-order valence-corrected chi connectivity index (χ4v) is 2.68. The minimum Gasteiger partial charge on any atom is -0.481 e. The lowest BCUT2D eigenvalue weighted by molar-refractivity contribution is -0.137.